The molecule has 4 aromatic rings. The molecule has 0 saturated carbocycles. The minimum atomic E-state index is -0.278. The van der Waals surface area contributed by atoms with Gasteiger partial charge >= 0.3 is 0 Å². The van der Waals surface area contributed by atoms with E-state index < -0.39 is 0 Å². The van der Waals surface area contributed by atoms with Crippen molar-refractivity contribution in [2.75, 3.05) is 0 Å². The highest BCUT2D eigenvalue weighted by Crippen LogP contribution is 2.32. The lowest BCUT2D eigenvalue weighted by Gasteiger charge is -2.07. The number of rotatable bonds is 3. The molecule has 0 saturated heterocycles. The predicted octanol–water partition coefficient (Wildman–Crippen LogP) is 4.88. The van der Waals surface area contributed by atoms with Crippen LogP contribution in [-0.2, 0) is 5.75 Å². The maximum atomic E-state index is 13.0. The molecule has 1 aliphatic heterocycles. The van der Waals surface area contributed by atoms with Crippen LogP contribution in [0.3, 0.4) is 0 Å². The molecule has 1 aliphatic rings. The number of hydrogen-bond donors (Lipinski definition) is 0. The van der Waals surface area contributed by atoms with E-state index in [4.69, 9.17) is 11.6 Å². The Bertz CT molecular complexity index is 1320. The summed E-state index contributed by atoms with van der Waals surface area (Å²) < 4.78 is 1.39. The number of thioether (sulfide) groups is 1. The Balaban J connectivity index is 1.58. The fourth-order valence-electron chi connectivity index (χ4n) is 3.39. The van der Waals surface area contributed by atoms with Gasteiger partial charge < -0.3 is 0 Å². The van der Waals surface area contributed by atoms with Crippen LogP contribution in [0.25, 0.3) is 16.6 Å². The first-order valence-electron chi connectivity index (χ1n) is 8.70. The maximum absolute atomic E-state index is 13.0. The van der Waals surface area contributed by atoms with Crippen LogP contribution in [0.5, 0.6) is 0 Å². The van der Waals surface area contributed by atoms with E-state index in [0.29, 0.717) is 27.2 Å². The first kappa shape index (κ1) is 17.2. The molecule has 0 aliphatic carbocycles. The molecule has 0 bridgehead atoms. The molecule has 0 spiro atoms. The monoisotopic (exact) mass is 404 g/mol. The van der Waals surface area contributed by atoms with Crippen LogP contribution >= 0.6 is 23.4 Å². The number of para-hydroxylation sites is 1. The fraction of sp³-hybridized carbons (Fsp3) is 0.0455. The number of fused-ring (bicyclic) bond motifs is 4. The summed E-state index contributed by atoms with van der Waals surface area (Å²) in [5.41, 5.74) is 2.36. The van der Waals surface area contributed by atoms with Crippen molar-refractivity contribution < 1.29 is 4.79 Å². The number of nitrogens with zero attached hydrogens (tertiary/aromatic N) is 2. The van der Waals surface area contributed by atoms with Crippen LogP contribution in [0.15, 0.2) is 76.4 Å². The van der Waals surface area contributed by atoms with E-state index in [1.165, 1.54) is 10.1 Å². The van der Waals surface area contributed by atoms with Gasteiger partial charge in [0.1, 0.15) is 0 Å². The lowest BCUT2D eigenvalue weighted by atomic mass is 10.1. The smallest absolute Gasteiger partial charge is 0.266 e. The van der Waals surface area contributed by atoms with Gasteiger partial charge in [-0.2, -0.15) is 0 Å². The number of ketones is 1. The standard InChI is InChI=1S/C22H13ClN2O2S/c23-17-8-4-7-15-19(17)24-21-20(26)16-11-14(9-10-18(16)25(21)22(15)27)28-12-13-5-2-1-3-6-13/h1-11H,12H2. The third-order valence-electron chi connectivity index (χ3n) is 4.75. The highest BCUT2D eigenvalue weighted by Gasteiger charge is 2.30. The number of halogens is 1. The molecule has 28 heavy (non-hydrogen) atoms. The molecule has 5 rings (SSSR count). The Morgan fingerprint density at radius 3 is 2.61 bits per heavy atom. The predicted molar refractivity (Wildman–Crippen MR) is 112 cm³/mol. The number of benzene rings is 3. The SMILES string of the molecule is O=C1c2cc(SCc3ccccc3)ccc2-n2c1nc1c(Cl)cccc1c2=O. The van der Waals surface area contributed by atoms with Gasteiger partial charge in [0.15, 0.2) is 5.82 Å². The summed E-state index contributed by atoms with van der Waals surface area (Å²) >= 11 is 7.84. The largest absolute Gasteiger partial charge is 0.285 e. The number of aromatic nitrogens is 2. The second-order valence-corrected chi connectivity index (χ2v) is 7.95. The van der Waals surface area contributed by atoms with Crippen molar-refractivity contribution in [2.24, 2.45) is 0 Å². The van der Waals surface area contributed by atoms with Crippen molar-refractivity contribution in [1.82, 2.24) is 9.55 Å². The van der Waals surface area contributed by atoms with Crippen LogP contribution in [0.1, 0.15) is 21.7 Å². The van der Waals surface area contributed by atoms with Gasteiger partial charge in [0.2, 0.25) is 5.78 Å². The van der Waals surface area contributed by atoms with Gasteiger partial charge in [0.25, 0.3) is 5.56 Å². The van der Waals surface area contributed by atoms with Crippen molar-refractivity contribution in [1.29, 1.82) is 0 Å². The number of carbonyl (C=O) groups is 1. The van der Waals surface area contributed by atoms with Crippen molar-refractivity contribution in [3.05, 3.63) is 99.1 Å². The molecule has 0 fully saturated rings. The van der Waals surface area contributed by atoms with E-state index >= 15 is 0 Å². The summed E-state index contributed by atoms with van der Waals surface area (Å²) in [7, 11) is 0. The zero-order chi connectivity index (χ0) is 19.3. The van der Waals surface area contributed by atoms with Crippen molar-refractivity contribution in [2.45, 2.75) is 10.6 Å². The Morgan fingerprint density at radius 2 is 1.79 bits per heavy atom. The second-order valence-electron chi connectivity index (χ2n) is 6.49. The average molecular weight is 405 g/mol. The minimum Gasteiger partial charge on any atom is -0.285 e. The van der Waals surface area contributed by atoms with Crippen LogP contribution in [0.4, 0.5) is 0 Å². The molecule has 2 heterocycles. The van der Waals surface area contributed by atoms with Gasteiger partial charge in [-0.05, 0) is 35.9 Å². The highest BCUT2D eigenvalue weighted by molar-refractivity contribution is 7.98. The molecule has 0 N–H and O–H groups in total. The first-order chi connectivity index (χ1) is 13.6. The first-order valence-corrected chi connectivity index (χ1v) is 10.1. The van der Waals surface area contributed by atoms with Gasteiger partial charge in [-0.15, -0.1) is 11.8 Å². The molecule has 0 atom stereocenters. The minimum absolute atomic E-state index is 0.116. The van der Waals surface area contributed by atoms with Gasteiger partial charge in [-0.25, -0.2) is 4.98 Å². The summed E-state index contributed by atoms with van der Waals surface area (Å²) in [6.45, 7) is 0. The number of hydrogen-bond acceptors (Lipinski definition) is 4. The zero-order valence-corrected chi connectivity index (χ0v) is 16.1. The topological polar surface area (TPSA) is 52.0 Å². The van der Waals surface area contributed by atoms with Gasteiger partial charge in [0, 0.05) is 10.6 Å². The summed E-state index contributed by atoms with van der Waals surface area (Å²) in [6.07, 6.45) is 0. The van der Waals surface area contributed by atoms with Crippen molar-refractivity contribution in [3.8, 4) is 5.69 Å². The lowest BCUT2D eigenvalue weighted by Crippen LogP contribution is -2.21. The fourth-order valence-corrected chi connectivity index (χ4v) is 4.50. The van der Waals surface area contributed by atoms with Crippen LogP contribution < -0.4 is 5.56 Å². The molecule has 3 aromatic carbocycles. The molecule has 0 unspecified atom stereocenters. The van der Waals surface area contributed by atoms with Gasteiger partial charge in [0.05, 0.1) is 27.2 Å². The Labute approximate surface area is 169 Å². The molecule has 0 radical (unpaired) electrons. The van der Waals surface area contributed by atoms with E-state index in [9.17, 15) is 9.59 Å². The average Bonchev–Trinajstić information content (AvgIpc) is 3.00. The Morgan fingerprint density at radius 1 is 0.964 bits per heavy atom. The summed E-state index contributed by atoms with van der Waals surface area (Å²) in [5, 5.41) is 0.764. The van der Waals surface area contributed by atoms with Gasteiger partial charge in [-0.3, -0.25) is 14.2 Å². The van der Waals surface area contributed by atoms with Crippen molar-refractivity contribution >= 4 is 40.0 Å². The van der Waals surface area contributed by atoms with E-state index in [1.54, 1.807) is 30.0 Å². The van der Waals surface area contributed by atoms with Crippen LogP contribution in [-0.4, -0.2) is 15.3 Å². The summed E-state index contributed by atoms with van der Waals surface area (Å²) in [5.74, 6) is 0.667. The molecule has 6 heteroatoms. The van der Waals surface area contributed by atoms with E-state index in [2.05, 4.69) is 17.1 Å². The normalized spacial score (nSPS) is 12.2. The Hall–Kier alpha value is -2.89. The lowest BCUT2D eigenvalue weighted by molar-refractivity contribution is 0.103. The number of carbonyl (C=O) groups excluding carboxylic acids is 1. The van der Waals surface area contributed by atoms with E-state index in [1.807, 2.05) is 36.4 Å². The van der Waals surface area contributed by atoms with Crippen molar-refractivity contribution in [3.63, 3.8) is 0 Å². The highest BCUT2D eigenvalue weighted by atomic mass is 35.5. The molecular weight excluding hydrogens is 392 g/mol. The third kappa shape index (κ3) is 2.66. The molecule has 1 aromatic heterocycles. The third-order valence-corrected chi connectivity index (χ3v) is 6.12. The van der Waals surface area contributed by atoms with Gasteiger partial charge in [-0.1, -0.05) is 48.0 Å². The molecule has 4 nitrogen and oxygen atoms in total. The maximum Gasteiger partial charge on any atom is 0.266 e. The summed E-state index contributed by atoms with van der Waals surface area (Å²) in [4.78, 5) is 31.3. The second kappa shape index (κ2) is 6.62. The molecular formula is C22H13ClN2O2S. The summed E-state index contributed by atoms with van der Waals surface area (Å²) in [6, 6.07) is 20.8. The van der Waals surface area contributed by atoms with E-state index in [0.717, 1.165) is 10.6 Å². The quantitative estimate of drug-likeness (QED) is 0.402. The zero-order valence-electron chi connectivity index (χ0n) is 14.6. The van der Waals surface area contributed by atoms with E-state index in [-0.39, 0.29) is 17.2 Å². The molecule has 0 amide bonds. The molecule has 136 valence electrons. The van der Waals surface area contributed by atoms with Crippen LogP contribution in [0.2, 0.25) is 5.02 Å². The Kier molecular flexibility index (Phi) is 4.07. The van der Waals surface area contributed by atoms with Crippen LogP contribution in [0, 0.1) is 0 Å².